The lowest BCUT2D eigenvalue weighted by atomic mass is 9.96. The Morgan fingerprint density at radius 1 is 1.05 bits per heavy atom. The van der Waals surface area contributed by atoms with Crippen molar-refractivity contribution in [1.29, 1.82) is 0 Å². The Kier molecular flexibility index (Phi) is 5.69. The quantitative estimate of drug-likeness (QED) is 0.218. The van der Waals surface area contributed by atoms with E-state index >= 15 is 0 Å². The summed E-state index contributed by atoms with van der Waals surface area (Å²) in [4.78, 5) is 7.28. The second kappa shape index (κ2) is 9.38. The summed E-state index contributed by atoms with van der Waals surface area (Å²) in [5.74, 6) is 1.28. The van der Waals surface area contributed by atoms with Crippen LogP contribution in [-0.2, 0) is 6.42 Å². The Bertz CT molecular complexity index is 1740. The van der Waals surface area contributed by atoms with Crippen LogP contribution in [0.5, 0.6) is 5.75 Å². The molecule has 1 unspecified atom stereocenters. The van der Waals surface area contributed by atoms with Gasteiger partial charge in [-0.1, -0.05) is 43.0 Å². The number of aromatic nitrogens is 3. The van der Waals surface area contributed by atoms with Crippen molar-refractivity contribution in [3.63, 3.8) is 0 Å². The van der Waals surface area contributed by atoms with Crippen LogP contribution in [0.1, 0.15) is 41.1 Å². The number of benzene rings is 3. The Balaban J connectivity index is 1.26. The molecule has 1 saturated heterocycles. The van der Waals surface area contributed by atoms with Crippen molar-refractivity contribution in [3.8, 4) is 28.1 Å². The Morgan fingerprint density at radius 3 is 2.82 bits per heavy atom. The number of hydrogen-bond acceptors (Lipinski definition) is 4. The van der Waals surface area contributed by atoms with Gasteiger partial charge in [0.2, 0.25) is 0 Å². The fourth-order valence-electron chi connectivity index (χ4n) is 6.19. The van der Waals surface area contributed by atoms with E-state index in [-0.39, 0.29) is 11.9 Å². The zero-order chi connectivity index (χ0) is 26.5. The summed E-state index contributed by atoms with van der Waals surface area (Å²) in [7, 11) is 0. The summed E-state index contributed by atoms with van der Waals surface area (Å²) in [6.45, 7) is 7.11. The lowest BCUT2D eigenvalue weighted by molar-refractivity contribution is 0.355. The Hall–Kier alpha value is -4.45. The van der Waals surface area contributed by atoms with E-state index < -0.39 is 0 Å². The molecule has 5 nitrogen and oxygen atoms in total. The average molecular weight is 517 g/mol. The van der Waals surface area contributed by atoms with Crippen LogP contribution in [0, 0.1) is 12.7 Å². The highest BCUT2D eigenvalue weighted by Gasteiger charge is 2.30. The van der Waals surface area contributed by atoms with Gasteiger partial charge in [0.25, 0.3) is 0 Å². The Labute approximate surface area is 227 Å². The normalized spacial score (nSPS) is 15.9. The molecule has 1 aliphatic carbocycles. The van der Waals surface area contributed by atoms with Gasteiger partial charge in [-0.25, -0.2) is 13.9 Å². The molecule has 0 N–H and O–H groups in total. The molecule has 39 heavy (non-hydrogen) atoms. The molecule has 0 amide bonds. The molecule has 0 saturated carbocycles. The summed E-state index contributed by atoms with van der Waals surface area (Å²) >= 11 is 0. The molecule has 6 heteroatoms. The van der Waals surface area contributed by atoms with Gasteiger partial charge in [-0.3, -0.25) is 0 Å². The van der Waals surface area contributed by atoms with Crippen molar-refractivity contribution >= 4 is 11.5 Å². The third-order valence-corrected chi connectivity index (χ3v) is 7.89. The number of halogens is 1. The van der Waals surface area contributed by atoms with Crippen LogP contribution in [0.2, 0.25) is 0 Å². The number of rotatable bonds is 6. The molecular formula is C33H29FN4O. The van der Waals surface area contributed by atoms with Crippen LogP contribution in [0.4, 0.5) is 10.2 Å². The zero-order valence-corrected chi connectivity index (χ0v) is 21.9. The highest BCUT2D eigenvalue weighted by molar-refractivity contribution is 5.85. The maximum atomic E-state index is 14.3. The first-order valence-electron chi connectivity index (χ1n) is 13.5. The molecule has 2 aromatic heterocycles. The molecule has 0 bridgehead atoms. The monoisotopic (exact) mass is 516 g/mol. The molecule has 0 radical (unpaired) electrons. The first kappa shape index (κ1) is 23.7. The molecule has 1 fully saturated rings. The molecule has 3 heterocycles. The molecular weight excluding hydrogens is 487 g/mol. The smallest absolute Gasteiger partial charge is 0.157 e. The van der Waals surface area contributed by atoms with E-state index in [1.807, 2.05) is 16.8 Å². The summed E-state index contributed by atoms with van der Waals surface area (Å²) in [6, 6.07) is 22.0. The van der Waals surface area contributed by atoms with Crippen molar-refractivity contribution in [3.05, 3.63) is 114 Å². The average Bonchev–Trinajstić information content (AvgIpc) is 3.68. The zero-order valence-electron chi connectivity index (χ0n) is 21.9. The number of aryl methyl sites for hydroxylation is 1. The Morgan fingerprint density at radius 2 is 1.92 bits per heavy atom. The van der Waals surface area contributed by atoms with E-state index in [1.165, 1.54) is 33.9 Å². The number of hydrogen-bond donors (Lipinski definition) is 0. The van der Waals surface area contributed by atoms with Crippen LogP contribution in [-0.4, -0.2) is 27.7 Å². The fraction of sp³-hybridized carbons (Fsp3) is 0.212. The number of ether oxygens (including phenoxy) is 1. The highest BCUT2D eigenvalue weighted by atomic mass is 19.1. The molecule has 5 aromatic rings. The summed E-state index contributed by atoms with van der Waals surface area (Å²) in [6.07, 6.45) is 6.49. The first-order chi connectivity index (χ1) is 19.1. The van der Waals surface area contributed by atoms with Gasteiger partial charge in [0.1, 0.15) is 24.0 Å². The first-order valence-corrected chi connectivity index (χ1v) is 13.5. The molecule has 194 valence electrons. The van der Waals surface area contributed by atoms with Gasteiger partial charge in [0.05, 0.1) is 11.7 Å². The van der Waals surface area contributed by atoms with Crippen LogP contribution < -0.4 is 9.64 Å². The van der Waals surface area contributed by atoms with E-state index in [1.54, 1.807) is 18.2 Å². The summed E-state index contributed by atoms with van der Waals surface area (Å²) in [5, 5.41) is 4.93. The van der Waals surface area contributed by atoms with Crippen molar-refractivity contribution in [2.24, 2.45) is 0 Å². The number of fused-ring (bicyclic) bond motifs is 4. The predicted molar refractivity (Wildman–Crippen MR) is 153 cm³/mol. The molecule has 7 rings (SSSR count). The van der Waals surface area contributed by atoms with E-state index in [9.17, 15) is 4.39 Å². The number of anilines is 1. The van der Waals surface area contributed by atoms with Crippen molar-refractivity contribution in [2.75, 3.05) is 18.1 Å². The maximum Gasteiger partial charge on any atom is 0.157 e. The van der Waals surface area contributed by atoms with Gasteiger partial charge in [0.15, 0.2) is 5.65 Å². The lowest BCUT2D eigenvalue weighted by Gasteiger charge is -2.27. The van der Waals surface area contributed by atoms with Crippen molar-refractivity contribution in [2.45, 2.75) is 32.2 Å². The second-order valence-electron chi connectivity index (χ2n) is 10.4. The van der Waals surface area contributed by atoms with E-state index in [4.69, 9.17) is 14.8 Å². The van der Waals surface area contributed by atoms with Gasteiger partial charge in [-0.15, -0.1) is 0 Å². The molecule has 1 atom stereocenters. The van der Waals surface area contributed by atoms with Crippen LogP contribution in [0.25, 0.3) is 28.0 Å². The summed E-state index contributed by atoms with van der Waals surface area (Å²) in [5.41, 5.74) is 10.2. The van der Waals surface area contributed by atoms with Gasteiger partial charge in [0, 0.05) is 29.9 Å². The standard InChI is InChI=1S/C33H29FN4O/c1-3-15-39-31-11-10-23(34)19-28(31)30-9-6-13-37(30)32-12-14-38-33(35-32)20-29(36-38)27-17-21(2)16-25-24-8-5-4-7-22(24)18-26(25)27/h3-5,7-8,10-12,14,16-17,19-20,30H,1,6,9,13,15,18H2,2H3. The van der Waals surface area contributed by atoms with Crippen molar-refractivity contribution < 1.29 is 9.13 Å². The largest absolute Gasteiger partial charge is 0.489 e. The molecule has 2 aliphatic rings. The van der Waals surface area contributed by atoms with Gasteiger partial charge >= 0.3 is 0 Å². The van der Waals surface area contributed by atoms with E-state index in [0.29, 0.717) is 12.4 Å². The third-order valence-electron chi connectivity index (χ3n) is 7.89. The minimum absolute atomic E-state index is 0.0172. The molecule has 0 spiro atoms. The van der Waals surface area contributed by atoms with Crippen LogP contribution in [0.3, 0.4) is 0 Å². The lowest BCUT2D eigenvalue weighted by Crippen LogP contribution is -2.24. The van der Waals surface area contributed by atoms with Gasteiger partial charge in [-0.05, 0) is 84.3 Å². The van der Waals surface area contributed by atoms with Crippen LogP contribution >= 0.6 is 0 Å². The molecule has 3 aromatic carbocycles. The summed E-state index contributed by atoms with van der Waals surface area (Å²) < 4.78 is 22.0. The minimum atomic E-state index is -0.264. The van der Waals surface area contributed by atoms with Crippen molar-refractivity contribution in [1.82, 2.24) is 14.6 Å². The predicted octanol–water partition coefficient (Wildman–Crippen LogP) is 7.32. The van der Waals surface area contributed by atoms with Gasteiger partial charge < -0.3 is 9.64 Å². The van der Waals surface area contributed by atoms with E-state index in [2.05, 4.69) is 60.9 Å². The number of nitrogens with zero attached hydrogens (tertiary/aromatic N) is 4. The topological polar surface area (TPSA) is 42.7 Å². The van der Waals surface area contributed by atoms with Gasteiger partial charge in [-0.2, -0.15) is 5.10 Å². The molecule has 1 aliphatic heterocycles. The fourth-order valence-corrected chi connectivity index (χ4v) is 6.19. The minimum Gasteiger partial charge on any atom is -0.489 e. The second-order valence-corrected chi connectivity index (χ2v) is 10.4. The SMILES string of the molecule is C=CCOc1ccc(F)cc1C1CCCN1c1ccn2nc(-c3cc(C)cc4c3Cc3ccccc3-4)cc2n1. The third kappa shape index (κ3) is 4.07. The van der Waals surface area contributed by atoms with Crippen LogP contribution in [0.15, 0.2) is 85.6 Å². The van der Waals surface area contributed by atoms with E-state index in [0.717, 1.165) is 54.1 Å². The maximum absolute atomic E-state index is 14.3. The highest BCUT2D eigenvalue weighted by Crippen LogP contribution is 2.43.